The van der Waals surface area contributed by atoms with Gasteiger partial charge in [-0.25, -0.2) is 4.98 Å². The molecule has 3 rings (SSSR count). The summed E-state index contributed by atoms with van der Waals surface area (Å²) in [6, 6.07) is 4.00. The van der Waals surface area contributed by atoms with Crippen LogP contribution < -0.4 is 11.1 Å². The number of carbonyl (C=O) groups excluding carboxylic acids is 1. The van der Waals surface area contributed by atoms with Gasteiger partial charge in [0.2, 0.25) is 0 Å². The fourth-order valence-electron chi connectivity index (χ4n) is 3.19. The Morgan fingerprint density at radius 1 is 1.52 bits per heavy atom. The molecule has 112 valence electrons. The molecule has 1 amide bonds. The molecular weight excluding hydrogens is 282 g/mol. The van der Waals surface area contributed by atoms with Gasteiger partial charge in [0.25, 0.3) is 5.91 Å². The molecule has 0 bridgehead atoms. The number of carbonyl (C=O) groups is 1. The molecule has 4 nitrogen and oxygen atoms in total. The zero-order chi connectivity index (χ0) is 15.0. The van der Waals surface area contributed by atoms with Gasteiger partial charge < -0.3 is 11.1 Å². The molecule has 1 saturated carbocycles. The number of hydrogen-bond acceptors (Lipinski definition) is 4. The summed E-state index contributed by atoms with van der Waals surface area (Å²) in [7, 11) is 0. The highest BCUT2D eigenvalue weighted by Crippen LogP contribution is 2.36. The number of fused-ring (bicyclic) bond motifs is 1. The lowest BCUT2D eigenvalue weighted by Gasteiger charge is -2.35. The Morgan fingerprint density at radius 2 is 2.33 bits per heavy atom. The molecule has 2 heterocycles. The van der Waals surface area contributed by atoms with Crippen LogP contribution in [0.15, 0.2) is 18.3 Å². The molecule has 0 aromatic carbocycles. The number of aromatic nitrogens is 1. The van der Waals surface area contributed by atoms with Gasteiger partial charge in [0.05, 0.1) is 5.69 Å². The van der Waals surface area contributed by atoms with Gasteiger partial charge in [0.1, 0.15) is 9.71 Å². The molecule has 1 aliphatic rings. The van der Waals surface area contributed by atoms with Crippen molar-refractivity contribution in [3.63, 3.8) is 0 Å². The second kappa shape index (κ2) is 5.30. The molecule has 0 spiro atoms. The maximum atomic E-state index is 12.5. The van der Waals surface area contributed by atoms with Crippen LogP contribution in [0.1, 0.15) is 49.2 Å². The van der Waals surface area contributed by atoms with E-state index in [9.17, 15) is 4.79 Å². The van der Waals surface area contributed by atoms with Crippen molar-refractivity contribution in [2.75, 3.05) is 5.73 Å². The molecule has 2 aromatic rings. The molecule has 1 atom stereocenters. The molecule has 5 heteroatoms. The molecule has 0 aliphatic heterocycles. The van der Waals surface area contributed by atoms with Crippen molar-refractivity contribution in [1.29, 1.82) is 0 Å². The number of anilines is 1. The highest BCUT2D eigenvalue weighted by atomic mass is 32.1. The molecule has 1 aliphatic carbocycles. The maximum Gasteiger partial charge on any atom is 0.263 e. The summed E-state index contributed by atoms with van der Waals surface area (Å²) in [5.41, 5.74) is 6.97. The monoisotopic (exact) mass is 303 g/mol. The van der Waals surface area contributed by atoms with Crippen molar-refractivity contribution in [3.8, 4) is 0 Å². The smallest absolute Gasteiger partial charge is 0.263 e. The molecule has 0 radical (unpaired) electrons. The number of nitrogens with one attached hydrogen (secondary N) is 1. The second-order valence-corrected chi connectivity index (χ2v) is 7.63. The number of nitrogens with zero attached hydrogens (tertiary/aromatic N) is 1. The van der Waals surface area contributed by atoms with Crippen LogP contribution >= 0.6 is 11.3 Å². The Balaban J connectivity index is 1.79. The van der Waals surface area contributed by atoms with E-state index in [2.05, 4.69) is 24.1 Å². The number of nitrogen functional groups attached to an aromatic ring is 1. The van der Waals surface area contributed by atoms with Crippen LogP contribution in [-0.4, -0.2) is 16.9 Å². The highest BCUT2D eigenvalue weighted by molar-refractivity contribution is 7.21. The number of thiophene rings is 1. The summed E-state index contributed by atoms with van der Waals surface area (Å²) >= 11 is 1.37. The lowest BCUT2D eigenvalue weighted by Crippen LogP contribution is -2.40. The van der Waals surface area contributed by atoms with E-state index in [1.807, 2.05) is 12.1 Å². The van der Waals surface area contributed by atoms with Crippen LogP contribution in [0, 0.1) is 5.41 Å². The van der Waals surface area contributed by atoms with Gasteiger partial charge in [0, 0.05) is 17.6 Å². The largest absolute Gasteiger partial charge is 0.397 e. The third-order valence-corrected chi connectivity index (χ3v) is 5.38. The summed E-state index contributed by atoms with van der Waals surface area (Å²) < 4.78 is 0. The van der Waals surface area contributed by atoms with E-state index in [0.717, 1.165) is 23.1 Å². The lowest BCUT2D eigenvalue weighted by molar-refractivity contribution is 0.0907. The summed E-state index contributed by atoms with van der Waals surface area (Å²) in [5.74, 6) is -0.0572. The lowest BCUT2D eigenvalue weighted by atomic mass is 9.75. The van der Waals surface area contributed by atoms with E-state index in [4.69, 9.17) is 5.73 Å². The number of rotatable bonds is 2. The normalized spacial score (nSPS) is 21.3. The first kappa shape index (κ1) is 14.3. The van der Waals surface area contributed by atoms with Crippen molar-refractivity contribution < 1.29 is 4.79 Å². The second-order valence-electron chi connectivity index (χ2n) is 6.63. The fourth-order valence-corrected chi connectivity index (χ4v) is 4.16. The van der Waals surface area contributed by atoms with Crippen molar-refractivity contribution >= 4 is 33.1 Å². The molecule has 1 unspecified atom stereocenters. The van der Waals surface area contributed by atoms with E-state index in [0.29, 0.717) is 16.0 Å². The topological polar surface area (TPSA) is 68.0 Å². The molecule has 3 N–H and O–H groups in total. The minimum Gasteiger partial charge on any atom is -0.397 e. The Kier molecular flexibility index (Phi) is 3.61. The minimum absolute atomic E-state index is 0.0572. The van der Waals surface area contributed by atoms with Crippen molar-refractivity contribution in [2.24, 2.45) is 5.41 Å². The SMILES string of the molecule is CC1(C)CCCC(NC(=O)c2sc3ncccc3c2N)C1. The molecule has 0 saturated heterocycles. The average Bonchev–Trinajstić information content (AvgIpc) is 2.76. The van der Waals surface area contributed by atoms with Crippen molar-refractivity contribution in [3.05, 3.63) is 23.2 Å². The first-order chi connectivity index (χ1) is 9.96. The van der Waals surface area contributed by atoms with Crippen LogP contribution in [0.25, 0.3) is 10.2 Å². The van der Waals surface area contributed by atoms with Crippen molar-refractivity contribution in [1.82, 2.24) is 10.3 Å². The number of pyridine rings is 1. The zero-order valence-corrected chi connectivity index (χ0v) is 13.3. The average molecular weight is 303 g/mol. The summed E-state index contributed by atoms with van der Waals surface area (Å²) in [5, 5.41) is 4.03. The Bertz CT molecular complexity index is 677. The van der Waals surface area contributed by atoms with Crippen molar-refractivity contribution in [2.45, 2.75) is 45.6 Å². The molecule has 2 aromatic heterocycles. The first-order valence-corrected chi connectivity index (χ1v) is 8.22. The predicted octanol–water partition coefficient (Wildman–Crippen LogP) is 3.58. The van der Waals surface area contributed by atoms with Gasteiger partial charge in [-0.05, 0) is 36.8 Å². The van der Waals surface area contributed by atoms with Gasteiger partial charge in [-0.2, -0.15) is 0 Å². The van der Waals surface area contributed by atoms with E-state index in [-0.39, 0.29) is 11.9 Å². The van der Waals surface area contributed by atoms with Crippen LogP contribution in [0.5, 0.6) is 0 Å². The Labute approximate surface area is 128 Å². The van der Waals surface area contributed by atoms with Crippen LogP contribution in [0.2, 0.25) is 0 Å². The maximum absolute atomic E-state index is 12.5. The Morgan fingerprint density at radius 3 is 3.05 bits per heavy atom. The summed E-state index contributed by atoms with van der Waals surface area (Å²) in [4.78, 5) is 18.2. The van der Waals surface area contributed by atoms with Gasteiger partial charge >= 0.3 is 0 Å². The molecule has 1 fully saturated rings. The highest BCUT2D eigenvalue weighted by Gasteiger charge is 2.29. The van der Waals surface area contributed by atoms with Gasteiger partial charge in [0.15, 0.2) is 0 Å². The van der Waals surface area contributed by atoms with E-state index < -0.39 is 0 Å². The number of hydrogen-bond donors (Lipinski definition) is 2. The fraction of sp³-hybridized carbons (Fsp3) is 0.500. The first-order valence-electron chi connectivity index (χ1n) is 7.40. The third kappa shape index (κ3) is 2.88. The molecule has 21 heavy (non-hydrogen) atoms. The van der Waals surface area contributed by atoms with Gasteiger partial charge in [-0.3, -0.25) is 4.79 Å². The van der Waals surface area contributed by atoms with Gasteiger partial charge in [-0.15, -0.1) is 11.3 Å². The number of nitrogens with two attached hydrogens (primary N) is 1. The summed E-state index contributed by atoms with van der Waals surface area (Å²) in [6.45, 7) is 4.53. The zero-order valence-electron chi connectivity index (χ0n) is 12.5. The van der Waals surface area contributed by atoms with Crippen LogP contribution in [0.3, 0.4) is 0 Å². The third-order valence-electron chi connectivity index (χ3n) is 4.25. The van der Waals surface area contributed by atoms with Crippen LogP contribution in [0.4, 0.5) is 5.69 Å². The quantitative estimate of drug-likeness (QED) is 0.891. The minimum atomic E-state index is -0.0572. The Hall–Kier alpha value is -1.62. The predicted molar refractivity (Wildman–Crippen MR) is 87.5 cm³/mol. The number of amides is 1. The van der Waals surface area contributed by atoms with E-state index >= 15 is 0 Å². The molecular formula is C16H21N3OS. The van der Waals surface area contributed by atoms with E-state index in [1.54, 1.807) is 6.20 Å². The summed E-state index contributed by atoms with van der Waals surface area (Å²) in [6.07, 6.45) is 6.21. The van der Waals surface area contributed by atoms with E-state index in [1.165, 1.54) is 24.2 Å². The van der Waals surface area contributed by atoms with Gasteiger partial charge in [-0.1, -0.05) is 20.3 Å². The standard InChI is InChI=1S/C16H21N3OS/c1-16(2)7-3-5-10(9-16)19-14(20)13-12(17)11-6-4-8-18-15(11)21-13/h4,6,8,10H,3,5,7,9,17H2,1-2H3,(H,19,20). The van der Waals surface area contributed by atoms with Crippen LogP contribution in [-0.2, 0) is 0 Å².